The molecule has 0 saturated carbocycles. The number of imidazole rings is 2. The molecule has 0 unspecified atom stereocenters. The fraction of sp³-hybridized carbons (Fsp3) is 0.105. The molecule has 1 N–H and O–H groups in total. The van der Waals surface area contributed by atoms with Crippen molar-refractivity contribution in [2.24, 2.45) is 7.05 Å². The molecule has 5 nitrogen and oxygen atoms in total. The number of rotatable bonds is 5. The number of hydrogen-bond donors (Lipinski definition) is 1. The fourth-order valence-corrected chi connectivity index (χ4v) is 3.45. The monoisotopic (exact) mass is 348 g/mol. The highest BCUT2D eigenvalue weighted by molar-refractivity contribution is 7.98. The topological polar surface area (TPSA) is 63.6 Å². The SMILES string of the molecule is Cn1ccnc1SCc1nc2ccc(C(=O)c3ccccc3)cc2[nH]1. The molecule has 0 radical (unpaired) electrons. The van der Waals surface area contributed by atoms with E-state index in [1.807, 2.05) is 66.3 Å². The zero-order valence-corrected chi connectivity index (χ0v) is 14.5. The molecule has 0 saturated heterocycles. The number of thioether (sulfide) groups is 1. The van der Waals surface area contributed by atoms with Gasteiger partial charge in [-0.1, -0.05) is 42.1 Å². The molecule has 25 heavy (non-hydrogen) atoms. The minimum atomic E-state index is 0.0148. The first-order valence-electron chi connectivity index (χ1n) is 7.89. The fourth-order valence-electron chi connectivity index (χ4n) is 2.65. The number of aromatic nitrogens is 4. The lowest BCUT2D eigenvalue weighted by Gasteiger charge is -2.00. The van der Waals surface area contributed by atoms with Gasteiger partial charge < -0.3 is 9.55 Å². The minimum absolute atomic E-state index is 0.0148. The van der Waals surface area contributed by atoms with Gasteiger partial charge in [-0.15, -0.1) is 0 Å². The summed E-state index contributed by atoms with van der Waals surface area (Å²) in [6, 6.07) is 14.9. The maximum atomic E-state index is 12.6. The molecule has 2 aromatic heterocycles. The number of carbonyl (C=O) groups excluding carboxylic acids is 1. The Hall–Kier alpha value is -2.86. The Morgan fingerprint density at radius 1 is 1.16 bits per heavy atom. The zero-order chi connectivity index (χ0) is 17.2. The standard InChI is InChI=1S/C19H16N4OS/c1-23-10-9-20-19(23)25-12-17-21-15-8-7-14(11-16(15)22-17)18(24)13-5-3-2-4-6-13/h2-11H,12H2,1H3,(H,21,22). The van der Waals surface area contributed by atoms with Gasteiger partial charge in [0.15, 0.2) is 10.9 Å². The Kier molecular flexibility index (Phi) is 4.11. The second-order valence-corrected chi connectivity index (χ2v) is 6.66. The highest BCUT2D eigenvalue weighted by Crippen LogP contribution is 2.22. The molecule has 2 aromatic carbocycles. The van der Waals surface area contributed by atoms with Gasteiger partial charge in [-0.05, 0) is 18.2 Å². The van der Waals surface area contributed by atoms with Crippen molar-refractivity contribution in [1.29, 1.82) is 0 Å². The van der Waals surface area contributed by atoms with Gasteiger partial charge in [0.1, 0.15) is 5.82 Å². The number of nitrogens with one attached hydrogen (secondary N) is 1. The summed E-state index contributed by atoms with van der Waals surface area (Å²) in [4.78, 5) is 24.8. The smallest absolute Gasteiger partial charge is 0.193 e. The predicted molar refractivity (Wildman–Crippen MR) is 98.7 cm³/mol. The first-order valence-corrected chi connectivity index (χ1v) is 8.88. The number of ketones is 1. The van der Waals surface area contributed by atoms with Crippen LogP contribution in [-0.2, 0) is 12.8 Å². The summed E-state index contributed by atoms with van der Waals surface area (Å²) in [6.45, 7) is 0. The summed E-state index contributed by atoms with van der Waals surface area (Å²) >= 11 is 1.62. The highest BCUT2D eigenvalue weighted by atomic mass is 32.2. The van der Waals surface area contributed by atoms with Crippen molar-refractivity contribution < 1.29 is 4.79 Å². The molecule has 2 heterocycles. The quantitative estimate of drug-likeness (QED) is 0.440. The average molecular weight is 348 g/mol. The zero-order valence-electron chi connectivity index (χ0n) is 13.6. The molecule has 0 bridgehead atoms. The van der Waals surface area contributed by atoms with E-state index in [-0.39, 0.29) is 5.78 Å². The second kappa shape index (κ2) is 6.57. The molecular formula is C19H16N4OS. The van der Waals surface area contributed by atoms with E-state index in [2.05, 4.69) is 15.0 Å². The van der Waals surface area contributed by atoms with Crippen LogP contribution in [0, 0.1) is 0 Å². The van der Waals surface area contributed by atoms with Crippen LogP contribution in [0.3, 0.4) is 0 Å². The summed E-state index contributed by atoms with van der Waals surface area (Å²) in [5.41, 5.74) is 3.08. The summed E-state index contributed by atoms with van der Waals surface area (Å²) in [6.07, 6.45) is 3.70. The number of H-pyrrole nitrogens is 1. The van der Waals surface area contributed by atoms with Gasteiger partial charge in [-0.2, -0.15) is 0 Å². The second-order valence-electron chi connectivity index (χ2n) is 5.72. The lowest BCUT2D eigenvalue weighted by molar-refractivity contribution is 0.103. The number of benzene rings is 2. The molecule has 4 rings (SSSR count). The summed E-state index contributed by atoms with van der Waals surface area (Å²) in [5.74, 6) is 1.58. The lowest BCUT2D eigenvalue weighted by atomic mass is 10.0. The number of carbonyl (C=O) groups is 1. The number of fused-ring (bicyclic) bond motifs is 1. The normalized spacial score (nSPS) is 11.1. The molecule has 0 aliphatic heterocycles. The van der Waals surface area contributed by atoms with Crippen molar-refractivity contribution in [1.82, 2.24) is 19.5 Å². The Morgan fingerprint density at radius 2 is 2.00 bits per heavy atom. The summed E-state index contributed by atoms with van der Waals surface area (Å²) < 4.78 is 1.98. The van der Waals surface area contributed by atoms with Crippen LogP contribution in [-0.4, -0.2) is 25.3 Å². The van der Waals surface area contributed by atoms with Gasteiger partial charge in [-0.25, -0.2) is 9.97 Å². The van der Waals surface area contributed by atoms with E-state index in [1.165, 1.54) is 0 Å². The van der Waals surface area contributed by atoms with Crippen LogP contribution in [0.15, 0.2) is 66.1 Å². The lowest BCUT2D eigenvalue weighted by Crippen LogP contribution is -2.00. The molecular weight excluding hydrogens is 332 g/mol. The van der Waals surface area contributed by atoms with Crippen molar-refractivity contribution in [3.63, 3.8) is 0 Å². The van der Waals surface area contributed by atoms with Crippen LogP contribution in [0.2, 0.25) is 0 Å². The van der Waals surface area contributed by atoms with Crippen molar-refractivity contribution in [3.8, 4) is 0 Å². The van der Waals surface area contributed by atoms with E-state index in [4.69, 9.17) is 0 Å². The molecule has 0 aliphatic carbocycles. The highest BCUT2D eigenvalue weighted by Gasteiger charge is 2.11. The third-order valence-electron chi connectivity index (χ3n) is 3.94. The molecule has 0 aliphatic rings. The third-order valence-corrected chi connectivity index (χ3v) is 5.01. The van der Waals surface area contributed by atoms with E-state index in [1.54, 1.807) is 18.0 Å². The van der Waals surface area contributed by atoms with Gasteiger partial charge in [0, 0.05) is 30.6 Å². The Morgan fingerprint density at radius 3 is 2.76 bits per heavy atom. The molecule has 124 valence electrons. The molecule has 6 heteroatoms. The van der Waals surface area contributed by atoms with E-state index < -0.39 is 0 Å². The maximum absolute atomic E-state index is 12.6. The van der Waals surface area contributed by atoms with Crippen molar-refractivity contribution >= 4 is 28.6 Å². The molecule has 0 amide bonds. The van der Waals surface area contributed by atoms with Crippen LogP contribution in [0.1, 0.15) is 21.7 Å². The van der Waals surface area contributed by atoms with E-state index in [0.29, 0.717) is 16.9 Å². The van der Waals surface area contributed by atoms with Gasteiger partial charge in [0.25, 0.3) is 0 Å². The predicted octanol–water partition coefficient (Wildman–Crippen LogP) is 3.82. The average Bonchev–Trinajstić information content (AvgIpc) is 3.24. The molecule has 4 aromatic rings. The summed E-state index contributed by atoms with van der Waals surface area (Å²) in [7, 11) is 1.97. The number of hydrogen-bond acceptors (Lipinski definition) is 4. The van der Waals surface area contributed by atoms with E-state index in [9.17, 15) is 4.79 Å². The van der Waals surface area contributed by atoms with Crippen LogP contribution in [0.5, 0.6) is 0 Å². The van der Waals surface area contributed by atoms with Crippen molar-refractivity contribution in [3.05, 3.63) is 77.9 Å². The minimum Gasteiger partial charge on any atom is -0.341 e. The first kappa shape index (κ1) is 15.7. The van der Waals surface area contributed by atoms with Crippen LogP contribution < -0.4 is 0 Å². The van der Waals surface area contributed by atoms with Crippen molar-refractivity contribution in [2.75, 3.05) is 0 Å². The van der Waals surface area contributed by atoms with Crippen LogP contribution in [0.25, 0.3) is 11.0 Å². The molecule has 0 spiro atoms. The Bertz CT molecular complexity index is 1040. The largest absolute Gasteiger partial charge is 0.341 e. The van der Waals surface area contributed by atoms with Crippen LogP contribution in [0.4, 0.5) is 0 Å². The first-order chi connectivity index (χ1) is 12.2. The Balaban J connectivity index is 1.57. The maximum Gasteiger partial charge on any atom is 0.193 e. The molecule has 0 atom stereocenters. The third kappa shape index (κ3) is 3.21. The number of aromatic amines is 1. The number of nitrogens with zero attached hydrogens (tertiary/aromatic N) is 3. The van der Waals surface area contributed by atoms with Gasteiger partial charge in [0.05, 0.1) is 16.8 Å². The number of aryl methyl sites for hydroxylation is 1. The summed E-state index contributed by atoms with van der Waals surface area (Å²) in [5, 5.41) is 0.945. The van der Waals surface area contributed by atoms with Crippen molar-refractivity contribution in [2.45, 2.75) is 10.9 Å². The van der Waals surface area contributed by atoms with Gasteiger partial charge in [-0.3, -0.25) is 4.79 Å². The molecule has 0 fully saturated rings. The van der Waals surface area contributed by atoms with Gasteiger partial charge >= 0.3 is 0 Å². The van der Waals surface area contributed by atoms with E-state index in [0.717, 1.165) is 22.0 Å². The van der Waals surface area contributed by atoms with Crippen LogP contribution >= 0.6 is 11.8 Å². The van der Waals surface area contributed by atoms with Gasteiger partial charge in [0.2, 0.25) is 0 Å². The Labute approximate surface area is 149 Å². The van der Waals surface area contributed by atoms with E-state index >= 15 is 0 Å².